The first-order valence-corrected chi connectivity index (χ1v) is 7.99. The van der Waals surface area contributed by atoms with Gasteiger partial charge in [0.1, 0.15) is 0 Å². The lowest BCUT2D eigenvalue weighted by molar-refractivity contribution is -0.151. The number of carboxylic acids is 1. The maximum Gasteiger partial charge on any atom is 0.310 e. The SMILES string of the molecule is CC(C)C1CCN(CC2(C(=O)O)CCCCCC2)C1. The van der Waals surface area contributed by atoms with E-state index in [1.54, 1.807) is 0 Å². The molecule has 0 aromatic heterocycles. The van der Waals surface area contributed by atoms with Gasteiger partial charge in [-0.1, -0.05) is 39.5 Å². The molecule has 110 valence electrons. The maximum atomic E-state index is 11.8. The standard InChI is InChI=1S/C16H29NO2/c1-13(2)14-7-10-17(11-14)12-16(15(18)19)8-5-3-4-6-9-16/h13-14H,3-12H2,1-2H3,(H,18,19). The molecule has 1 aliphatic carbocycles. The lowest BCUT2D eigenvalue weighted by atomic mass is 9.80. The van der Waals surface area contributed by atoms with Gasteiger partial charge in [-0.2, -0.15) is 0 Å². The second-order valence-electron chi connectivity index (χ2n) is 7.03. The average molecular weight is 267 g/mol. The van der Waals surface area contributed by atoms with E-state index in [9.17, 15) is 9.90 Å². The van der Waals surface area contributed by atoms with E-state index in [2.05, 4.69) is 18.7 Å². The van der Waals surface area contributed by atoms with Crippen LogP contribution < -0.4 is 0 Å². The molecule has 1 N–H and O–H groups in total. The molecule has 0 bridgehead atoms. The predicted octanol–water partition coefficient (Wildman–Crippen LogP) is 3.39. The number of carboxylic acid groups (broad SMARTS) is 1. The highest BCUT2D eigenvalue weighted by Crippen LogP contribution is 2.37. The summed E-state index contributed by atoms with van der Waals surface area (Å²) >= 11 is 0. The summed E-state index contributed by atoms with van der Waals surface area (Å²) in [7, 11) is 0. The Kier molecular flexibility index (Phi) is 4.88. The zero-order valence-corrected chi connectivity index (χ0v) is 12.5. The lowest BCUT2D eigenvalue weighted by Gasteiger charge is -2.32. The van der Waals surface area contributed by atoms with Gasteiger partial charge in [0.05, 0.1) is 5.41 Å². The molecule has 2 rings (SSSR count). The van der Waals surface area contributed by atoms with Crippen molar-refractivity contribution in [3.05, 3.63) is 0 Å². The highest BCUT2D eigenvalue weighted by molar-refractivity contribution is 5.75. The fourth-order valence-corrected chi connectivity index (χ4v) is 3.82. The Hall–Kier alpha value is -0.570. The number of nitrogens with zero attached hydrogens (tertiary/aromatic N) is 1. The predicted molar refractivity (Wildman–Crippen MR) is 77.2 cm³/mol. The van der Waals surface area contributed by atoms with Crippen LogP contribution >= 0.6 is 0 Å². The summed E-state index contributed by atoms with van der Waals surface area (Å²) in [6.45, 7) is 7.55. The van der Waals surface area contributed by atoms with E-state index in [0.29, 0.717) is 0 Å². The molecular formula is C16H29NO2. The van der Waals surface area contributed by atoms with Gasteiger partial charge in [-0.15, -0.1) is 0 Å². The molecule has 3 heteroatoms. The second kappa shape index (κ2) is 6.25. The van der Waals surface area contributed by atoms with Crippen LogP contribution in [-0.2, 0) is 4.79 Å². The molecule has 0 spiro atoms. The van der Waals surface area contributed by atoms with Crippen molar-refractivity contribution in [3.8, 4) is 0 Å². The Bertz CT molecular complexity index is 306. The molecule has 0 aromatic rings. The number of likely N-dealkylation sites (tertiary alicyclic amines) is 1. The van der Waals surface area contributed by atoms with Crippen molar-refractivity contribution in [1.29, 1.82) is 0 Å². The first kappa shape index (κ1) is 14.8. The Morgan fingerprint density at radius 1 is 1.26 bits per heavy atom. The molecule has 1 atom stereocenters. The summed E-state index contributed by atoms with van der Waals surface area (Å²) in [6, 6.07) is 0. The van der Waals surface area contributed by atoms with Crippen LogP contribution in [0.2, 0.25) is 0 Å². The minimum atomic E-state index is -0.553. The minimum Gasteiger partial charge on any atom is -0.481 e. The second-order valence-corrected chi connectivity index (χ2v) is 7.03. The van der Waals surface area contributed by atoms with Gasteiger partial charge < -0.3 is 10.0 Å². The van der Waals surface area contributed by atoms with Gasteiger partial charge in [0.2, 0.25) is 0 Å². The van der Waals surface area contributed by atoms with Crippen molar-refractivity contribution in [2.75, 3.05) is 19.6 Å². The van der Waals surface area contributed by atoms with E-state index in [1.807, 2.05) is 0 Å². The summed E-state index contributed by atoms with van der Waals surface area (Å²) in [5, 5.41) is 9.72. The molecule has 1 heterocycles. The van der Waals surface area contributed by atoms with Crippen LogP contribution in [-0.4, -0.2) is 35.6 Å². The molecule has 19 heavy (non-hydrogen) atoms. The monoisotopic (exact) mass is 267 g/mol. The Balaban J connectivity index is 1.99. The number of hydrogen-bond donors (Lipinski definition) is 1. The topological polar surface area (TPSA) is 40.5 Å². The van der Waals surface area contributed by atoms with E-state index in [-0.39, 0.29) is 0 Å². The highest BCUT2D eigenvalue weighted by Gasteiger charge is 2.41. The summed E-state index contributed by atoms with van der Waals surface area (Å²) in [5.74, 6) is 0.930. The van der Waals surface area contributed by atoms with Crippen molar-refractivity contribution in [2.45, 2.75) is 58.8 Å². The van der Waals surface area contributed by atoms with Crippen molar-refractivity contribution in [1.82, 2.24) is 4.90 Å². The Labute approximate surface area is 117 Å². The van der Waals surface area contributed by atoms with E-state index in [1.165, 1.54) is 19.3 Å². The first-order valence-electron chi connectivity index (χ1n) is 7.99. The molecule has 2 fully saturated rings. The summed E-state index contributed by atoms with van der Waals surface area (Å²) < 4.78 is 0. The lowest BCUT2D eigenvalue weighted by Crippen LogP contribution is -2.42. The van der Waals surface area contributed by atoms with Gasteiger partial charge in [-0.05, 0) is 37.6 Å². The highest BCUT2D eigenvalue weighted by atomic mass is 16.4. The largest absolute Gasteiger partial charge is 0.481 e. The molecule has 0 aromatic carbocycles. The zero-order chi connectivity index (χ0) is 13.9. The summed E-state index contributed by atoms with van der Waals surface area (Å²) in [4.78, 5) is 14.2. The van der Waals surface area contributed by atoms with Crippen LogP contribution in [0.25, 0.3) is 0 Å². The third kappa shape index (κ3) is 3.50. The van der Waals surface area contributed by atoms with Crippen molar-refractivity contribution in [3.63, 3.8) is 0 Å². The Morgan fingerprint density at radius 3 is 2.37 bits per heavy atom. The quantitative estimate of drug-likeness (QED) is 0.794. The summed E-state index contributed by atoms with van der Waals surface area (Å²) in [5.41, 5.74) is -0.456. The first-order chi connectivity index (χ1) is 9.03. The fourth-order valence-electron chi connectivity index (χ4n) is 3.82. The van der Waals surface area contributed by atoms with Crippen LogP contribution in [0.1, 0.15) is 58.8 Å². The van der Waals surface area contributed by atoms with Gasteiger partial charge in [0.25, 0.3) is 0 Å². The third-order valence-electron chi connectivity index (χ3n) is 5.29. The van der Waals surface area contributed by atoms with Gasteiger partial charge >= 0.3 is 5.97 Å². The third-order valence-corrected chi connectivity index (χ3v) is 5.29. The van der Waals surface area contributed by atoms with Gasteiger partial charge in [0.15, 0.2) is 0 Å². The molecule has 1 saturated heterocycles. The van der Waals surface area contributed by atoms with Gasteiger partial charge in [-0.25, -0.2) is 0 Å². The molecule has 1 saturated carbocycles. The van der Waals surface area contributed by atoms with Gasteiger partial charge in [-0.3, -0.25) is 4.79 Å². The fraction of sp³-hybridized carbons (Fsp3) is 0.938. The molecule has 3 nitrogen and oxygen atoms in total. The van der Waals surface area contributed by atoms with Crippen molar-refractivity contribution >= 4 is 5.97 Å². The van der Waals surface area contributed by atoms with Crippen LogP contribution in [0.15, 0.2) is 0 Å². The maximum absolute atomic E-state index is 11.8. The minimum absolute atomic E-state index is 0.456. The normalized spacial score (nSPS) is 28.5. The summed E-state index contributed by atoms with van der Waals surface area (Å²) in [6.07, 6.45) is 7.61. The van der Waals surface area contributed by atoms with Crippen molar-refractivity contribution < 1.29 is 9.90 Å². The van der Waals surface area contributed by atoms with Gasteiger partial charge in [0, 0.05) is 13.1 Å². The smallest absolute Gasteiger partial charge is 0.310 e. The van der Waals surface area contributed by atoms with Crippen LogP contribution in [0, 0.1) is 17.3 Å². The molecule has 0 radical (unpaired) electrons. The molecule has 0 amide bonds. The molecule has 1 aliphatic heterocycles. The van der Waals surface area contributed by atoms with Crippen LogP contribution in [0.3, 0.4) is 0 Å². The zero-order valence-electron chi connectivity index (χ0n) is 12.5. The molecule has 1 unspecified atom stereocenters. The Morgan fingerprint density at radius 2 is 1.89 bits per heavy atom. The number of carbonyl (C=O) groups is 1. The average Bonchev–Trinajstić information content (AvgIpc) is 2.68. The number of rotatable bonds is 4. The van der Waals surface area contributed by atoms with Crippen LogP contribution in [0.5, 0.6) is 0 Å². The van der Waals surface area contributed by atoms with E-state index in [0.717, 1.165) is 57.2 Å². The molecular weight excluding hydrogens is 238 g/mol. The molecule has 2 aliphatic rings. The van der Waals surface area contributed by atoms with Crippen molar-refractivity contribution in [2.24, 2.45) is 17.3 Å². The van der Waals surface area contributed by atoms with E-state index in [4.69, 9.17) is 0 Å². The van der Waals surface area contributed by atoms with E-state index >= 15 is 0 Å². The van der Waals surface area contributed by atoms with E-state index < -0.39 is 11.4 Å². The number of hydrogen-bond acceptors (Lipinski definition) is 2. The number of aliphatic carboxylic acids is 1. The van der Waals surface area contributed by atoms with Crippen LogP contribution in [0.4, 0.5) is 0 Å².